The zero-order valence-corrected chi connectivity index (χ0v) is 14.8. The minimum absolute atomic E-state index is 0.0191. The summed E-state index contributed by atoms with van der Waals surface area (Å²) < 4.78 is 0. The number of anilines is 1. The van der Waals surface area contributed by atoms with E-state index < -0.39 is 0 Å². The summed E-state index contributed by atoms with van der Waals surface area (Å²) in [7, 11) is 0. The fourth-order valence-electron chi connectivity index (χ4n) is 3.54. The Labute approximate surface area is 154 Å². The Kier molecular flexibility index (Phi) is 4.73. The second-order valence-corrected chi connectivity index (χ2v) is 6.61. The molecule has 26 heavy (non-hydrogen) atoms. The highest BCUT2D eigenvalue weighted by Crippen LogP contribution is 2.19. The molecular formula is C22H23N3O. The van der Waals surface area contributed by atoms with Crippen molar-refractivity contribution < 1.29 is 4.79 Å². The van der Waals surface area contributed by atoms with Gasteiger partial charge in [-0.3, -0.25) is 0 Å². The molecule has 3 aromatic rings. The lowest BCUT2D eigenvalue weighted by Crippen LogP contribution is -2.51. The molecule has 132 valence electrons. The number of piperazine rings is 1. The Morgan fingerprint density at radius 1 is 0.808 bits per heavy atom. The number of fused-ring (bicyclic) bond motifs is 1. The molecule has 0 spiro atoms. The van der Waals surface area contributed by atoms with Crippen LogP contribution in [0.4, 0.5) is 10.5 Å². The van der Waals surface area contributed by atoms with Crippen LogP contribution in [0.25, 0.3) is 10.8 Å². The minimum atomic E-state index is 0.0191. The molecular weight excluding hydrogens is 322 g/mol. The van der Waals surface area contributed by atoms with Gasteiger partial charge in [-0.15, -0.1) is 0 Å². The molecule has 0 bridgehead atoms. The zero-order chi connectivity index (χ0) is 17.8. The molecule has 1 aliphatic rings. The predicted octanol–water partition coefficient (Wildman–Crippen LogP) is 3.87. The van der Waals surface area contributed by atoms with Gasteiger partial charge in [-0.2, -0.15) is 0 Å². The van der Waals surface area contributed by atoms with E-state index in [4.69, 9.17) is 0 Å². The van der Waals surface area contributed by atoms with Crippen molar-refractivity contribution in [2.45, 2.75) is 6.54 Å². The Morgan fingerprint density at radius 2 is 1.50 bits per heavy atom. The van der Waals surface area contributed by atoms with E-state index in [2.05, 4.69) is 58.7 Å². The van der Waals surface area contributed by atoms with Crippen LogP contribution in [0.3, 0.4) is 0 Å². The number of rotatable bonds is 3. The van der Waals surface area contributed by atoms with Gasteiger partial charge in [-0.1, -0.05) is 60.7 Å². The highest BCUT2D eigenvalue weighted by atomic mass is 16.2. The van der Waals surface area contributed by atoms with Crippen LogP contribution >= 0.6 is 0 Å². The van der Waals surface area contributed by atoms with Gasteiger partial charge in [0.15, 0.2) is 0 Å². The summed E-state index contributed by atoms with van der Waals surface area (Å²) in [5.41, 5.74) is 2.38. The number of para-hydroxylation sites is 1. The molecule has 1 heterocycles. The summed E-state index contributed by atoms with van der Waals surface area (Å²) in [4.78, 5) is 16.8. The molecule has 0 radical (unpaired) electrons. The molecule has 0 saturated carbocycles. The largest absolute Gasteiger partial charge is 0.368 e. The maximum Gasteiger partial charge on any atom is 0.317 e. The molecule has 1 fully saturated rings. The Morgan fingerprint density at radius 3 is 2.31 bits per heavy atom. The van der Waals surface area contributed by atoms with E-state index in [0.717, 1.165) is 31.7 Å². The first-order valence-electron chi connectivity index (χ1n) is 9.11. The number of benzene rings is 3. The zero-order valence-electron chi connectivity index (χ0n) is 14.8. The molecule has 3 aromatic carbocycles. The SMILES string of the molecule is O=C(NCc1cccc2ccccc12)N1CCN(c2ccccc2)CC1. The van der Waals surface area contributed by atoms with Gasteiger partial charge in [0.05, 0.1) is 0 Å². The molecule has 4 nitrogen and oxygen atoms in total. The fourth-order valence-corrected chi connectivity index (χ4v) is 3.54. The quantitative estimate of drug-likeness (QED) is 0.782. The van der Waals surface area contributed by atoms with Crippen LogP contribution < -0.4 is 10.2 Å². The standard InChI is InChI=1S/C22H23N3O/c26-22(23-17-19-9-6-8-18-7-4-5-12-21(18)19)25-15-13-24(14-16-25)20-10-2-1-3-11-20/h1-12H,13-17H2,(H,23,26). The van der Waals surface area contributed by atoms with Gasteiger partial charge < -0.3 is 15.1 Å². The van der Waals surface area contributed by atoms with E-state index in [1.807, 2.05) is 29.2 Å². The summed E-state index contributed by atoms with van der Waals surface area (Å²) in [6, 6.07) is 24.9. The van der Waals surface area contributed by atoms with Crippen molar-refractivity contribution in [3.8, 4) is 0 Å². The predicted molar refractivity (Wildman–Crippen MR) is 106 cm³/mol. The van der Waals surface area contributed by atoms with E-state index >= 15 is 0 Å². The topological polar surface area (TPSA) is 35.6 Å². The lowest BCUT2D eigenvalue weighted by molar-refractivity contribution is 0.194. The lowest BCUT2D eigenvalue weighted by atomic mass is 10.0. The molecule has 0 atom stereocenters. The maximum atomic E-state index is 12.5. The van der Waals surface area contributed by atoms with Crippen LogP contribution in [0.2, 0.25) is 0 Å². The Hall–Kier alpha value is -3.01. The van der Waals surface area contributed by atoms with Crippen molar-refractivity contribution in [3.05, 3.63) is 78.4 Å². The maximum absolute atomic E-state index is 12.5. The molecule has 1 aliphatic heterocycles. The Bertz CT molecular complexity index is 881. The normalized spacial score (nSPS) is 14.5. The van der Waals surface area contributed by atoms with Gasteiger partial charge >= 0.3 is 6.03 Å². The first-order chi connectivity index (χ1) is 12.8. The summed E-state index contributed by atoms with van der Waals surface area (Å²) >= 11 is 0. The second-order valence-electron chi connectivity index (χ2n) is 6.61. The highest BCUT2D eigenvalue weighted by Gasteiger charge is 2.21. The molecule has 0 aliphatic carbocycles. The first-order valence-corrected chi connectivity index (χ1v) is 9.11. The monoisotopic (exact) mass is 345 g/mol. The van der Waals surface area contributed by atoms with Gasteiger partial charge in [-0.25, -0.2) is 4.79 Å². The van der Waals surface area contributed by atoms with Crippen LogP contribution in [-0.2, 0) is 6.54 Å². The summed E-state index contributed by atoms with van der Waals surface area (Å²) in [5.74, 6) is 0. The lowest BCUT2D eigenvalue weighted by Gasteiger charge is -2.36. The average molecular weight is 345 g/mol. The van der Waals surface area contributed by atoms with Crippen molar-refractivity contribution in [1.82, 2.24) is 10.2 Å². The third-order valence-corrected chi connectivity index (χ3v) is 5.00. The summed E-state index contributed by atoms with van der Waals surface area (Å²) in [5, 5.41) is 5.49. The van der Waals surface area contributed by atoms with E-state index in [1.54, 1.807) is 0 Å². The fraction of sp³-hybridized carbons (Fsp3) is 0.227. The second kappa shape index (κ2) is 7.48. The number of carbonyl (C=O) groups excluding carboxylic acids is 1. The van der Waals surface area contributed by atoms with Crippen molar-refractivity contribution in [2.24, 2.45) is 0 Å². The number of hydrogen-bond acceptors (Lipinski definition) is 2. The van der Waals surface area contributed by atoms with E-state index in [0.29, 0.717) is 6.54 Å². The number of urea groups is 1. The van der Waals surface area contributed by atoms with Crippen molar-refractivity contribution in [3.63, 3.8) is 0 Å². The average Bonchev–Trinajstić information content (AvgIpc) is 2.73. The Balaban J connectivity index is 1.34. The highest BCUT2D eigenvalue weighted by molar-refractivity contribution is 5.86. The number of nitrogens with one attached hydrogen (secondary N) is 1. The van der Waals surface area contributed by atoms with Crippen molar-refractivity contribution >= 4 is 22.5 Å². The van der Waals surface area contributed by atoms with Crippen LogP contribution in [0.5, 0.6) is 0 Å². The van der Waals surface area contributed by atoms with Gasteiger partial charge in [0.25, 0.3) is 0 Å². The molecule has 4 rings (SSSR count). The first kappa shape index (κ1) is 16.5. The molecule has 1 saturated heterocycles. The summed E-state index contributed by atoms with van der Waals surface area (Å²) in [6.07, 6.45) is 0. The van der Waals surface area contributed by atoms with Crippen LogP contribution in [0.15, 0.2) is 72.8 Å². The molecule has 0 aromatic heterocycles. The van der Waals surface area contributed by atoms with Crippen LogP contribution in [-0.4, -0.2) is 37.1 Å². The molecule has 2 amide bonds. The van der Waals surface area contributed by atoms with E-state index in [-0.39, 0.29) is 6.03 Å². The van der Waals surface area contributed by atoms with Crippen LogP contribution in [0, 0.1) is 0 Å². The third-order valence-electron chi connectivity index (χ3n) is 5.00. The van der Waals surface area contributed by atoms with E-state index in [1.165, 1.54) is 16.5 Å². The van der Waals surface area contributed by atoms with Gasteiger partial charge in [-0.05, 0) is 28.5 Å². The number of amides is 2. The minimum Gasteiger partial charge on any atom is -0.368 e. The van der Waals surface area contributed by atoms with Gasteiger partial charge in [0.2, 0.25) is 0 Å². The number of nitrogens with zero attached hydrogens (tertiary/aromatic N) is 2. The molecule has 0 unspecified atom stereocenters. The number of hydrogen-bond donors (Lipinski definition) is 1. The molecule has 1 N–H and O–H groups in total. The van der Waals surface area contributed by atoms with Crippen LogP contribution in [0.1, 0.15) is 5.56 Å². The summed E-state index contributed by atoms with van der Waals surface area (Å²) in [6.45, 7) is 3.78. The number of carbonyl (C=O) groups is 1. The van der Waals surface area contributed by atoms with E-state index in [9.17, 15) is 4.79 Å². The van der Waals surface area contributed by atoms with Crippen molar-refractivity contribution in [2.75, 3.05) is 31.1 Å². The third kappa shape index (κ3) is 3.49. The van der Waals surface area contributed by atoms with Crippen molar-refractivity contribution in [1.29, 1.82) is 0 Å². The molecule has 4 heteroatoms. The van der Waals surface area contributed by atoms with Gasteiger partial charge in [0.1, 0.15) is 0 Å². The smallest absolute Gasteiger partial charge is 0.317 e. The van der Waals surface area contributed by atoms with Gasteiger partial charge in [0, 0.05) is 38.4 Å².